The van der Waals surface area contributed by atoms with Gasteiger partial charge < -0.3 is 4.74 Å². The third-order valence-corrected chi connectivity index (χ3v) is 7.37. The maximum absolute atomic E-state index is 13.6. The quantitative estimate of drug-likeness (QED) is 0.384. The Morgan fingerprint density at radius 3 is 2.24 bits per heavy atom. The monoisotopic (exact) mass is 479 g/mol. The summed E-state index contributed by atoms with van der Waals surface area (Å²) in [6.07, 6.45) is 0. The molecule has 0 aliphatic carbocycles. The summed E-state index contributed by atoms with van der Waals surface area (Å²) in [4.78, 5) is 13.0. The Bertz CT molecular complexity index is 1300. The fraction of sp³-hybridized carbons (Fsp3) is 0.231. The third-order valence-electron chi connectivity index (χ3n) is 5.60. The van der Waals surface area contributed by atoms with Crippen LogP contribution in [-0.4, -0.2) is 33.7 Å². The van der Waals surface area contributed by atoms with Crippen molar-refractivity contribution in [3.8, 4) is 5.75 Å². The van der Waals surface area contributed by atoms with Crippen LogP contribution in [0.3, 0.4) is 0 Å². The van der Waals surface area contributed by atoms with Gasteiger partial charge in [-0.1, -0.05) is 29.8 Å². The molecule has 0 aliphatic heterocycles. The largest absolute Gasteiger partial charge is 0.497 e. The lowest BCUT2D eigenvalue weighted by Gasteiger charge is -2.26. The summed E-state index contributed by atoms with van der Waals surface area (Å²) in [6.45, 7) is 6.97. The van der Waals surface area contributed by atoms with Gasteiger partial charge in [0.25, 0.3) is 15.9 Å². The van der Waals surface area contributed by atoms with Gasteiger partial charge in [0.2, 0.25) is 0 Å². The molecule has 0 saturated carbocycles. The van der Waals surface area contributed by atoms with Gasteiger partial charge in [0.05, 0.1) is 23.4 Å². The van der Waals surface area contributed by atoms with Crippen molar-refractivity contribution in [3.63, 3.8) is 0 Å². The lowest BCUT2D eigenvalue weighted by Crippen LogP contribution is -2.40. The van der Waals surface area contributed by atoms with Crippen LogP contribution in [-0.2, 0) is 14.8 Å². The first-order valence-corrected chi connectivity index (χ1v) is 12.2. The highest BCUT2D eigenvalue weighted by Crippen LogP contribution is 2.28. The number of hydrogen-bond acceptors (Lipinski definition) is 5. The van der Waals surface area contributed by atoms with Crippen molar-refractivity contribution in [1.29, 1.82) is 0 Å². The second-order valence-corrected chi connectivity index (χ2v) is 9.87. The summed E-state index contributed by atoms with van der Waals surface area (Å²) in [5.74, 6) is 0.163. The van der Waals surface area contributed by atoms with Gasteiger partial charge in [0, 0.05) is 0 Å². The number of sulfonamides is 1. The molecule has 0 radical (unpaired) electrons. The predicted octanol–water partition coefficient (Wildman–Crippen LogP) is 4.36. The Labute approximate surface area is 201 Å². The van der Waals surface area contributed by atoms with Crippen molar-refractivity contribution in [2.45, 2.75) is 32.6 Å². The molecule has 34 heavy (non-hydrogen) atoms. The van der Waals surface area contributed by atoms with Crippen LogP contribution in [0.15, 0.2) is 76.7 Å². The molecule has 0 aromatic heterocycles. The van der Waals surface area contributed by atoms with E-state index in [1.807, 2.05) is 39.0 Å². The van der Waals surface area contributed by atoms with Gasteiger partial charge in [-0.05, 0) is 86.8 Å². The predicted molar refractivity (Wildman–Crippen MR) is 135 cm³/mol. The number of amides is 1. The number of hydrogen-bond donors (Lipinski definition) is 1. The van der Waals surface area contributed by atoms with Crippen molar-refractivity contribution in [3.05, 3.63) is 89.0 Å². The average molecular weight is 480 g/mol. The summed E-state index contributed by atoms with van der Waals surface area (Å²) in [5, 5.41) is 4.16. The summed E-state index contributed by atoms with van der Waals surface area (Å²) >= 11 is 0. The van der Waals surface area contributed by atoms with Crippen LogP contribution in [0, 0.1) is 20.8 Å². The van der Waals surface area contributed by atoms with Gasteiger partial charge in [-0.2, -0.15) is 5.10 Å². The zero-order valence-corrected chi connectivity index (χ0v) is 20.8. The van der Waals surface area contributed by atoms with Crippen LogP contribution in [0.4, 0.5) is 5.69 Å². The van der Waals surface area contributed by atoms with Crippen molar-refractivity contribution in [2.24, 2.45) is 5.10 Å². The molecule has 178 valence electrons. The smallest absolute Gasteiger partial charge is 0.264 e. The van der Waals surface area contributed by atoms with E-state index in [0.717, 1.165) is 26.6 Å². The van der Waals surface area contributed by atoms with Crippen LogP contribution in [0.25, 0.3) is 0 Å². The van der Waals surface area contributed by atoms with Gasteiger partial charge in [-0.3, -0.25) is 9.10 Å². The minimum Gasteiger partial charge on any atom is -0.497 e. The standard InChI is InChI=1S/C26H29N3O4S/c1-18-9-15-24(16-10-18)34(31,32)29(25-8-6-7-19(2)20(25)3)17-26(30)28-27-21(4)22-11-13-23(33-5)14-12-22/h6-16H,17H2,1-5H3,(H,28,30)/b27-21-. The van der Waals surface area contributed by atoms with E-state index in [2.05, 4.69) is 10.5 Å². The molecular formula is C26H29N3O4S. The zero-order valence-electron chi connectivity index (χ0n) is 20.0. The van der Waals surface area contributed by atoms with Gasteiger partial charge in [0.1, 0.15) is 12.3 Å². The Hall–Kier alpha value is -3.65. The zero-order chi connectivity index (χ0) is 24.9. The second kappa shape index (κ2) is 10.5. The maximum atomic E-state index is 13.6. The number of nitrogens with one attached hydrogen (secondary N) is 1. The molecule has 0 aliphatic rings. The van der Waals surface area contributed by atoms with Crippen LogP contribution in [0.2, 0.25) is 0 Å². The van der Waals surface area contributed by atoms with E-state index in [9.17, 15) is 13.2 Å². The molecule has 0 fully saturated rings. The number of anilines is 1. The Kier molecular flexibility index (Phi) is 7.73. The molecule has 0 heterocycles. The molecule has 3 aromatic rings. The van der Waals surface area contributed by atoms with Crippen molar-refractivity contribution >= 4 is 27.3 Å². The molecule has 3 aromatic carbocycles. The van der Waals surface area contributed by atoms with E-state index in [0.29, 0.717) is 17.1 Å². The molecular weight excluding hydrogens is 450 g/mol. The highest BCUT2D eigenvalue weighted by atomic mass is 32.2. The molecule has 0 spiro atoms. The van der Waals surface area contributed by atoms with E-state index in [4.69, 9.17) is 4.74 Å². The number of nitrogens with zero attached hydrogens (tertiary/aromatic N) is 2. The molecule has 1 N–H and O–H groups in total. The van der Waals surface area contributed by atoms with Gasteiger partial charge in [-0.25, -0.2) is 13.8 Å². The van der Waals surface area contributed by atoms with Gasteiger partial charge in [-0.15, -0.1) is 0 Å². The maximum Gasteiger partial charge on any atom is 0.264 e. The number of aryl methyl sites for hydroxylation is 2. The molecule has 3 rings (SSSR count). The summed E-state index contributed by atoms with van der Waals surface area (Å²) in [5.41, 5.74) is 6.97. The number of carbonyl (C=O) groups excluding carboxylic acids is 1. The molecule has 0 bridgehead atoms. The van der Waals surface area contributed by atoms with Crippen molar-refractivity contribution < 1.29 is 17.9 Å². The lowest BCUT2D eigenvalue weighted by atomic mass is 10.1. The average Bonchev–Trinajstić information content (AvgIpc) is 2.83. The highest BCUT2D eigenvalue weighted by molar-refractivity contribution is 7.92. The van der Waals surface area contributed by atoms with Crippen LogP contribution in [0.5, 0.6) is 5.75 Å². The number of methoxy groups -OCH3 is 1. The topological polar surface area (TPSA) is 88.1 Å². The minimum atomic E-state index is -3.99. The molecule has 0 atom stereocenters. The third kappa shape index (κ3) is 5.63. The summed E-state index contributed by atoms with van der Waals surface area (Å²) < 4.78 is 33.4. The second-order valence-electron chi connectivity index (χ2n) is 8.00. The van der Waals surface area contributed by atoms with E-state index < -0.39 is 22.5 Å². The van der Waals surface area contributed by atoms with Crippen LogP contribution in [0.1, 0.15) is 29.2 Å². The van der Waals surface area contributed by atoms with Crippen LogP contribution >= 0.6 is 0 Å². The fourth-order valence-electron chi connectivity index (χ4n) is 3.35. The molecule has 1 amide bonds. The molecule has 8 heteroatoms. The number of carbonyl (C=O) groups is 1. The van der Waals surface area contributed by atoms with E-state index in [-0.39, 0.29) is 4.90 Å². The number of benzene rings is 3. The van der Waals surface area contributed by atoms with Crippen molar-refractivity contribution in [1.82, 2.24) is 5.43 Å². The normalized spacial score (nSPS) is 11.7. The number of ether oxygens (including phenoxy) is 1. The first-order chi connectivity index (χ1) is 16.1. The van der Waals surface area contributed by atoms with Gasteiger partial charge in [0.15, 0.2) is 0 Å². The molecule has 0 saturated heterocycles. The minimum absolute atomic E-state index is 0.115. The molecule has 7 nitrogen and oxygen atoms in total. The first kappa shape index (κ1) is 25.0. The van der Waals surface area contributed by atoms with Gasteiger partial charge >= 0.3 is 0 Å². The van der Waals surface area contributed by atoms with E-state index in [1.165, 1.54) is 0 Å². The Balaban J connectivity index is 1.90. The lowest BCUT2D eigenvalue weighted by molar-refractivity contribution is -0.119. The molecule has 0 unspecified atom stereocenters. The number of rotatable bonds is 8. The van der Waals surface area contributed by atoms with E-state index in [1.54, 1.807) is 62.6 Å². The SMILES string of the molecule is COc1ccc(/C(C)=N\NC(=O)CN(c2cccc(C)c2C)S(=O)(=O)c2ccc(C)cc2)cc1. The Morgan fingerprint density at radius 1 is 0.971 bits per heavy atom. The van der Waals surface area contributed by atoms with Crippen molar-refractivity contribution in [2.75, 3.05) is 18.0 Å². The highest BCUT2D eigenvalue weighted by Gasteiger charge is 2.28. The first-order valence-electron chi connectivity index (χ1n) is 10.8. The summed E-state index contributed by atoms with van der Waals surface area (Å²) in [6, 6.07) is 19.2. The number of hydrazone groups is 1. The fourth-order valence-corrected chi connectivity index (χ4v) is 4.83. The summed E-state index contributed by atoms with van der Waals surface area (Å²) in [7, 11) is -2.41. The van der Waals surface area contributed by atoms with E-state index >= 15 is 0 Å². The Morgan fingerprint density at radius 2 is 1.62 bits per heavy atom. The van der Waals surface area contributed by atoms with Crippen LogP contribution < -0.4 is 14.5 Å².